The highest BCUT2D eigenvalue weighted by Crippen LogP contribution is 2.17. The van der Waals surface area contributed by atoms with Crippen molar-refractivity contribution >= 4 is 0 Å². The Kier molecular flexibility index (Phi) is 4.58. The van der Waals surface area contributed by atoms with E-state index >= 15 is 0 Å². The number of hydrogen-bond acceptors (Lipinski definition) is 2. The molecule has 0 amide bonds. The van der Waals surface area contributed by atoms with Gasteiger partial charge in [-0.1, -0.05) is 37.3 Å². The van der Waals surface area contributed by atoms with Crippen LogP contribution in [0.2, 0.25) is 0 Å². The van der Waals surface area contributed by atoms with Crippen molar-refractivity contribution in [1.29, 1.82) is 0 Å². The third-order valence-corrected chi connectivity index (χ3v) is 3.34. The molecule has 2 aromatic rings. The molecule has 0 fully saturated rings. The fourth-order valence-electron chi connectivity index (χ4n) is 2.06. The minimum Gasteiger partial charge on any atom is -0.489 e. The first-order valence-electron chi connectivity index (χ1n) is 6.73. The number of aryl methyl sites for hydroxylation is 2. The Hall–Kier alpha value is -1.80. The number of ether oxygens (including phenoxy) is 1. The largest absolute Gasteiger partial charge is 0.489 e. The van der Waals surface area contributed by atoms with Gasteiger partial charge in [0, 0.05) is 6.54 Å². The first-order valence-corrected chi connectivity index (χ1v) is 6.73. The molecule has 2 N–H and O–H groups in total. The fourth-order valence-corrected chi connectivity index (χ4v) is 2.06. The van der Waals surface area contributed by atoms with Gasteiger partial charge in [0.2, 0.25) is 0 Å². The summed E-state index contributed by atoms with van der Waals surface area (Å²) in [5, 5.41) is 0. The zero-order chi connectivity index (χ0) is 13.7. The van der Waals surface area contributed by atoms with Crippen molar-refractivity contribution in [2.45, 2.75) is 33.4 Å². The van der Waals surface area contributed by atoms with E-state index in [4.69, 9.17) is 10.5 Å². The molecule has 0 radical (unpaired) electrons. The van der Waals surface area contributed by atoms with Gasteiger partial charge in [0.15, 0.2) is 0 Å². The molecule has 0 unspecified atom stereocenters. The molecule has 2 nitrogen and oxygen atoms in total. The highest BCUT2D eigenvalue weighted by Gasteiger charge is 2.01. The first-order chi connectivity index (χ1) is 9.22. The van der Waals surface area contributed by atoms with Gasteiger partial charge in [0.25, 0.3) is 0 Å². The lowest BCUT2D eigenvalue weighted by Gasteiger charge is -2.10. The Balaban J connectivity index is 2.05. The maximum absolute atomic E-state index is 5.86. The number of nitrogens with two attached hydrogens (primary N) is 1. The third-order valence-electron chi connectivity index (χ3n) is 3.34. The molecule has 19 heavy (non-hydrogen) atoms. The van der Waals surface area contributed by atoms with Gasteiger partial charge >= 0.3 is 0 Å². The van der Waals surface area contributed by atoms with Crippen molar-refractivity contribution in [1.82, 2.24) is 0 Å². The number of benzene rings is 2. The Morgan fingerprint density at radius 3 is 2.58 bits per heavy atom. The van der Waals surface area contributed by atoms with Gasteiger partial charge in [-0.15, -0.1) is 0 Å². The Morgan fingerprint density at radius 2 is 1.89 bits per heavy atom. The lowest BCUT2D eigenvalue weighted by molar-refractivity contribution is 0.305. The molecule has 0 heterocycles. The van der Waals surface area contributed by atoms with Crippen LogP contribution in [0.3, 0.4) is 0 Å². The average molecular weight is 255 g/mol. The van der Waals surface area contributed by atoms with Crippen LogP contribution in [-0.4, -0.2) is 0 Å². The minimum atomic E-state index is 0.584. The van der Waals surface area contributed by atoms with E-state index in [1.54, 1.807) is 0 Å². The molecular formula is C17H21NO. The lowest BCUT2D eigenvalue weighted by atomic mass is 10.1. The van der Waals surface area contributed by atoms with Gasteiger partial charge in [-0.2, -0.15) is 0 Å². The maximum Gasteiger partial charge on any atom is 0.120 e. The standard InChI is InChI=1S/C17H21NO/c1-3-14-5-4-6-17(10-14)19-12-16-8-7-15(11-18)9-13(16)2/h4-10H,3,11-12,18H2,1-2H3. The van der Waals surface area contributed by atoms with Gasteiger partial charge in [0.05, 0.1) is 0 Å². The predicted molar refractivity (Wildman–Crippen MR) is 79.2 cm³/mol. The van der Waals surface area contributed by atoms with E-state index in [-0.39, 0.29) is 0 Å². The van der Waals surface area contributed by atoms with Crippen LogP contribution >= 0.6 is 0 Å². The van der Waals surface area contributed by atoms with Gasteiger partial charge in [-0.3, -0.25) is 0 Å². The Bertz CT molecular complexity index is 549. The summed E-state index contributed by atoms with van der Waals surface area (Å²) in [5.41, 5.74) is 10.5. The van der Waals surface area contributed by atoms with Crippen molar-refractivity contribution < 1.29 is 4.74 Å². The van der Waals surface area contributed by atoms with E-state index in [0.29, 0.717) is 13.2 Å². The van der Waals surface area contributed by atoms with Crippen molar-refractivity contribution in [3.8, 4) is 5.75 Å². The lowest BCUT2D eigenvalue weighted by Crippen LogP contribution is -2.01. The summed E-state index contributed by atoms with van der Waals surface area (Å²) in [7, 11) is 0. The van der Waals surface area contributed by atoms with Gasteiger partial charge in [-0.05, 0) is 47.7 Å². The van der Waals surface area contributed by atoms with Crippen LogP contribution in [0.4, 0.5) is 0 Å². The Labute approximate surface area is 115 Å². The number of rotatable bonds is 5. The second-order valence-corrected chi connectivity index (χ2v) is 4.75. The SMILES string of the molecule is CCc1cccc(OCc2ccc(CN)cc2C)c1. The van der Waals surface area contributed by atoms with Crippen molar-refractivity contribution in [3.05, 3.63) is 64.7 Å². The van der Waals surface area contributed by atoms with E-state index in [2.05, 4.69) is 44.2 Å². The number of hydrogen-bond donors (Lipinski definition) is 1. The molecule has 0 aromatic heterocycles. The summed E-state index contributed by atoms with van der Waals surface area (Å²) >= 11 is 0. The summed E-state index contributed by atoms with van der Waals surface area (Å²) in [5.74, 6) is 0.932. The molecule has 0 aliphatic carbocycles. The van der Waals surface area contributed by atoms with Crippen molar-refractivity contribution in [3.63, 3.8) is 0 Å². The molecule has 0 aliphatic heterocycles. The Morgan fingerprint density at radius 1 is 1.05 bits per heavy atom. The minimum absolute atomic E-state index is 0.584. The van der Waals surface area contributed by atoms with Gasteiger partial charge < -0.3 is 10.5 Å². The van der Waals surface area contributed by atoms with E-state index < -0.39 is 0 Å². The van der Waals surface area contributed by atoms with Crippen LogP contribution in [0.15, 0.2) is 42.5 Å². The van der Waals surface area contributed by atoms with E-state index in [9.17, 15) is 0 Å². The van der Waals surface area contributed by atoms with Gasteiger partial charge in [-0.25, -0.2) is 0 Å². The van der Waals surface area contributed by atoms with Crippen molar-refractivity contribution in [2.24, 2.45) is 5.73 Å². The average Bonchev–Trinajstić information content (AvgIpc) is 2.46. The molecule has 2 aromatic carbocycles. The van der Waals surface area contributed by atoms with Crippen LogP contribution in [0.1, 0.15) is 29.2 Å². The topological polar surface area (TPSA) is 35.2 Å². The molecule has 0 saturated heterocycles. The monoisotopic (exact) mass is 255 g/mol. The molecule has 2 heteroatoms. The van der Waals surface area contributed by atoms with E-state index in [0.717, 1.165) is 17.7 Å². The molecule has 0 bridgehead atoms. The van der Waals surface area contributed by atoms with Gasteiger partial charge in [0.1, 0.15) is 12.4 Å². The summed E-state index contributed by atoms with van der Waals surface area (Å²) < 4.78 is 5.86. The summed E-state index contributed by atoms with van der Waals surface area (Å²) in [4.78, 5) is 0. The summed E-state index contributed by atoms with van der Waals surface area (Å²) in [6, 6.07) is 14.6. The zero-order valence-corrected chi connectivity index (χ0v) is 11.6. The summed E-state index contributed by atoms with van der Waals surface area (Å²) in [6.45, 7) is 5.43. The molecule has 0 saturated carbocycles. The van der Waals surface area contributed by atoms with Crippen LogP contribution in [0.25, 0.3) is 0 Å². The van der Waals surface area contributed by atoms with Crippen molar-refractivity contribution in [2.75, 3.05) is 0 Å². The molecule has 0 aliphatic rings. The fraction of sp³-hybridized carbons (Fsp3) is 0.294. The molecule has 2 rings (SSSR count). The molecule has 100 valence electrons. The normalized spacial score (nSPS) is 10.5. The maximum atomic E-state index is 5.86. The second kappa shape index (κ2) is 6.39. The third kappa shape index (κ3) is 3.58. The highest BCUT2D eigenvalue weighted by molar-refractivity contribution is 5.32. The zero-order valence-electron chi connectivity index (χ0n) is 11.6. The quantitative estimate of drug-likeness (QED) is 0.886. The second-order valence-electron chi connectivity index (χ2n) is 4.75. The summed E-state index contributed by atoms with van der Waals surface area (Å²) in [6.07, 6.45) is 1.03. The van der Waals surface area contributed by atoms with Crippen LogP contribution < -0.4 is 10.5 Å². The van der Waals surface area contributed by atoms with Crippen LogP contribution in [0, 0.1) is 6.92 Å². The molecule has 0 spiro atoms. The van der Waals surface area contributed by atoms with E-state index in [1.807, 2.05) is 12.1 Å². The van der Waals surface area contributed by atoms with Crippen LogP contribution in [-0.2, 0) is 19.6 Å². The predicted octanol–water partition coefficient (Wildman–Crippen LogP) is 3.60. The molecule has 0 atom stereocenters. The highest BCUT2D eigenvalue weighted by atomic mass is 16.5. The smallest absolute Gasteiger partial charge is 0.120 e. The molecular weight excluding hydrogens is 234 g/mol. The van der Waals surface area contributed by atoms with E-state index in [1.165, 1.54) is 16.7 Å². The van der Waals surface area contributed by atoms with Crippen LogP contribution in [0.5, 0.6) is 5.75 Å². The first kappa shape index (κ1) is 13.6.